The minimum Gasteiger partial charge on any atom is -0.497 e. The van der Waals surface area contributed by atoms with Crippen LogP contribution in [0.2, 0.25) is 0 Å². The first-order valence-electron chi connectivity index (χ1n) is 10.3. The zero-order valence-corrected chi connectivity index (χ0v) is 17.4. The van der Waals surface area contributed by atoms with Crippen LogP contribution in [0, 0.1) is 5.82 Å². The first kappa shape index (κ1) is 20.0. The van der Waals surface area contributed by atoms with E-state index < -0.39 is 6.04 Å². The molecule has 0 radical (unpaired) electrons. The third-order valence-electron chi connectivity index (χ3n) is 5.86. The molecule has 1 amide bonds. The van der Waals surface area contributed by atoms with Gasteiger partial charge in [-0.1, -0.05) is 36.4 Å². The molecule has 4 aromatic rings. The number of nitrogens with zero attached hydrogens (tertiary/aromatic N) is 1. The van der Waals surface area contributed by atoms with Gasteiger partial charge in [0, 0.05) is 6.54 Å². The van der Waals surface area contributed by atoms with Crippen molar-refractivity contribution in [1.29, 1.82) is 0 Å². The van der Waals surface area contributed by atoms with Gasteiger partial charge in [-0.25, -0.2) is 4.39 Å². The lowest BCUT2D eigenvalue weighted by Crippen LogP contribution is -2.31. The normalized spacial score (nSPS) is 15.2. The van der Waals surface area contributed by atoms with Crippen molar-refractivity contribution in [2.24, 2.45) is 0 Å². The zero-order chi connectivity index (χ0) is 22.2. The number of para-hydroxylation sites is 1. The average Bonchev–Trinajstić information content (AvgIpc) is 3.10. The van der Waals surface area contributed by atoms with Crippen molar-refractivity contribution < 1.29 is 18.3 Å². The van der Waals surface area contributed by atoms with Gasteiger partial charge in [0.15, 0.2) is 5.43 Å². The smallest absolute Gasteiger partial charge is 0.290 e. The molecule has 5 nitrogen and oxygen atoms in total. The van der Waals surface area contributed by atoms with Gasteiger partial charge in [-0.2, -0.15) is 0 Å². The monoisotopic (exact) mass is 429 g/mol. The fraction of sp³-hybridized carbons (Fsp3) is 0.154. The number of benzene rings is 3. The standard InChI is InChI=1S/C26H20FNO4/c1-31-19-12-6-16(7-13-19)14-15-28-23(17-8-10-18(27)11-9-17)22-24(29)20-4-2-3-5-21(20)32-25(22)26(28)30/h2-13,23H,14-15H2,1H3/t23-/m1/s1. The molecule has 1 aliphatic heterocycles. The highest BCUT2D eigenvalue weighted by Gasteiger charge is 2.42. The van der Waals surface area contributed by atoms with E-state index >= 15 is 0 Å². The minimum atomic E-state index is -0.641. The van der Waals surface area contributed by atoms with Crippen LogP contribution in [0.3, 0.4) is 0 Å². The van der Waals surface area contributed by atoms with Crippen molar-refractivity contribution in [3.05, 3.63) is 111 Å². The van der Waals surface area contributed by atoms with Crippen molar-refractivity contribution in [2.45, 2.75) is 12.5 Å². The Morgan fingerprint density at radius 3 is 2.41 bits per heavy atom. The number of hydrogen-bond acceptors (Lipinski definition) is 4. The molecule has 2 heterocycles. The molecule has 0 saturated carbocycles. The number of rotatable bonds is 5. The van der Waals surface area contributed by atoms with E-state index in [0.717, 1.165) is 11.3 Å². The van der Waals surface area contributed by atoms with Crippen LogP contribution in [0.1, 0.15) is 33.3 Å². The SMILES string of the molecule is COc1ccc(CCN2C(=O)c3oc4ccccc4c(=O)c3[C@H]2c2ccc(F)cc2)cc1. The van der Waals surface area contributed by atoms with Crippen LogP contribution in [0.25, 0.3) is 11.0 Å². The number of carbonyl (C=O) groups excluding carboxylic acids is 1. The van der Waals surface area contributed by atoms with Gasteiger partial charge in [0.2, 0.25) is 5.76 Å². The number of methoxy groups -OCH3 is 1. The fourth-order valence-corrected chi connectivity index (χ4v) is 4.23. The minimum absolute atomic E-state index is 0.0535. The molecule has 1 aromatic heterocycles. The summed E-state index contributed by atoms with van der Waals surface area (Å²) in [6.07, 6.45) is 0.578. The zero-order valence-electron chi connectivity index (χ0n) is 17.4. The molecule has 5 rings (SSSR count). The second-order valence-corrected chi connectivity index (χ2v) is 7.72. The molecule has 0 unspecified atom stereocenters. The number of halogens is 1. The summed E-state index contributed by atoms with van der Waals surface area (Å²) in [7, 11) is 1.61. The number of ether oxygens (including phenoxy) is 1. The molecule has 0 N–H and O–H groups in total. The summed E-state index contributed by atoms with van der Waals surface area (Å²) in [5.41, 5.74) is 2.12. The van der Waals surface area contributed by atoms with E-state index in [1.807, 2.05) is 24.3 Å². The highest BCUT2D eigenvalue weighted by molar-refractivity contribution is 5.99. The molecule has 0 saturated heterocycles. The van der Waals surface area contributed by atoms with Gasteiger partial charge in [-0.3, -0.25) is 9.59 Å². The van der Waals surface area contributed by atoms with Gasteiger partial charge < -0.3 is 14.1 Å². The van der Waals surface area contributed by atoms with Crippen molar-refractivity contribution in [1.82, 2.24) is 4.90 Å². The topological polar surface area (TPSA) is 59.8 Å². The Kier molecular flexibility index (Phi) is 4.98. The molecular formula is C26H20FNO4. The number of fused-ring (bicyclic) bond motifs is 2. The Morgan fingerprint density at radius 2 is 1.69 bits per heavy atom. The summed E-state index contributed by atoms with van der Waals surface area (Å²) in [4.78, 5) is 28.4. The molecule has 0 bridgehead atoms. The van der Waals surface area contributed by atoms with Crippen LogP contribution in [-0.2, 0) is 6.42 Å². The molecule has 3 aromatic carbocycles. The summed E-state index contributed by atoms with van der Waals surface area (Å²) in [6, 6.07) is 19.7. The van der Waals surface area contributed by atoms with Crippen molar-refractivity contribution in [3.63, 3.8) is 0 Å². The lowest BCUT2D eigenvalue weighted by Gasteiger charge is -2.25. The predicted molar refractivity (Wildman–Crippen MR) is 118 cm³/mol. The predicted octanol–water partition coefficient (Wildman–Crippen LogP) is 4.73. The molecular weight excluding hydrogens is 409 g/mol. The Hall–Kier alpha value is -3.93. The molecule has 0 fully saturated rings. The van der Waals surface area contributed by atoms with E-state index in [1.54, 1.807) is 48.4 Å². The number of amides is 1. The molecule has 1 atom stereocenters. The molecule has 0 aliphatic carbocycles. The van der Waals surface area contributed by atoms with Gasteiger partial charge >= 0.3 is 0 Å². The van der Waals surface area contributed by atoms with Crippen LogP contribution < -0.4 is 10.2 Å². The van der Waals surface area contributed by atoms with E-state index in [-0.39, 0.29) is 22.9 Å². The highest BCUT2D eigenvalue weighted by Crippen LogP contribution is 2.38. The van der Waals surface area contributed by atoms with Crippen molar-refractivity contribution in [2.75, 3.05) is 13.7 Å². The van der Waals surface area contributed by atoms with E-state index in [2.05, 4.69) is 0 Å². The Bertz CT molecular complexity index is 1360. The first-order chi connectivity index (χ1) is 15.6. The molecule has 160 valence electrons. The summed E-state index contributed by atoms with van der Waals surface area (Å²) < 4.78 is 24.7. The maximum absolute atomic E-state index is 13.6. The van der Waals surface area contributed by atoms with Gasteiger partial charge in [0.1, 0.15) is 17.1 Å². The van der Waals surface area contributed by atoms with Gasteiger partial charge in [0.05, 0.1) is 24.1 Å². The van der Waals surface area contributed by atoms with Crippen LogP contribution in [0.15, 0.2) is 82.0 Å². The molecule has 32 heavy (non-hydrogen) atoms. The Morgan fingerprint density at radius 1 is 0.969 bits per heavy atom. The van der Waals surface area contributed by atoms with Crippen LogP contribution in [0.4, 0.5) is 4.39 Å². The van der Waals surface area contributed by atoms with E-state index in [4.69, 9.17) is 9.15 Å². The summed E-state index contributed by atoms with van der Waals surface area (Å²) in [5, 5.41) is 0.420. The summed E-state index contributed by atoms with van der Waals surface area (Å²) in [6.45, 7) is 0.368. The summed E-state index contributed by atoms with van der Waals surface area (Å²) >= 11 is 0. The van der Waals surface area contributed by atoms with Gasteiger partial charge in [-0.05, 0) is 53.9 Å². The lowest BCUT2D eigenvalue weighted by atomic mass is 9.98. The van der Waals surface area contributed by atoms with E-state index in [0.29, 0.717) is 35.1 Å². The Balaban J connectivity index is 1.58. The largest absolute Gasteiger partial charge is 0.497 e. The van der Waals surface area contributed by atoms with Crippen LogP contribution in [-0.4, -0.2) is 24.5 Å². The van der Waals surface area contributed by atoms with Gasteiger partial charge in [-0.15, -0.1) is 0 Å². The van der Waals surface area contributed by atoms with Crippen molar-refractivity contribution >= 4 is 16.9 Å². The fourth-order valence-electron chi connectivity index (χ4n) is 4.23. The number of carbonyl (C=O) groups is 1. The van der Waals surface area contributed by atoms with E-state index in [9.17, 15) is 14.0 Å². The van der Waals surface area contributed by atoms with Crippen LogP contribution in [0.5, 0.6) is 5.75 Å². The highest BCUT2D eigenvalue weighted by atomic mass is 19.1. The average molecular weight is 429 g/mol. The number of hydrogen-bond donors (Lipinski definition) is 0. The quantitative estimate of drug-likeness (QED) is 0.460. The third kappa shape index (κ3) is 3.34. The lowest BCUT2D eigenvalue weighted by molar-refractivity contribution is 0.0730. The maximum atomic E-state index is 13.6. The molecule has 0 spiro atoms. The maximum Gasteiger partial charge on any atom is 0.290 e. The molecule has 6 heteroatoms. The summed E-state index contributed by atoms with van der Waals surface area (Å²) in [5.74, 6) is 0.0844. The van der Waals surface area contributed by atoms with Gasteiger partial charge in [0.25, 0.3) is 5.91 Å². The van der Waals surface area contributed by atoms with Crippen molar-refractivity contribution in [3.8, 4) is 5.75 Å². The second-order valence-electron chi connectivity index (χ2n) is 7.72. The Labute approximate surface area is 183 Å². The van der Waals surface area contributed by atoms with E-state index in [1.165, 1.54) is 12.1 Å². The second kappa shape index (κ2) is 7.96. The third-order valence-corrected chi connectivity index (χ3v) is 5.86. The molecule has 1 aliphatic rings. The first-order valence-corrected chi connectivity index (χ1v) is 10.3. The van der Waals surface area contributed by atoms with Crippen LogP contribution >= 0.6 is 0 Å².